The van der Waals surface area contributed by atoms with E-state index in [-0.39, 0.29) is 5.91 Å². The molecule has 2 unspecified atom stereocenters. The van der Waals surface area contributed by atoms with Crippen molar-refractivity contribution in [3.05, 3.63) is 29.8 Å². The molecule has 120 valence electrons. The van der Waals surface area contributed by atoms with Crippen molar-refractivity contribution < 1.29 is 4.79 Å². The topological polar surface area (TPSA) is 56.4 Å². The van der Waals surface area contributed by atoms with Crippen molar-refractivity contribution in [2.75, 3.05) is 18.0 Å². The van der Waals surface area contributed by atoms with Crippen LogP contribution in [0, 0.1) is 5.92 Å². The van der Waals surface area contributed by atoms with E-state index in [1.165, 1.54) is 5.56 Å². The largest absolute Gasteiger partial charge is 0.312 e. The Morgan fingerprint density at radius 1 is 1.18 bits per heavy atom. The number of hydrazine groups is 1. The van der Waals surface area contributed by atoms with E-state index in [1.54, 1.807) is 0 Å². The van der Waals surface area contributed by atoms with Gasteiger partial charge in [-0.2, -0.15) is 0 Å². The lowest BCUT2D eigenvalue weighted by atomic mass is 9.97. The van der Waals surface area contributed by atoms with Crippen LogP contribution in [0.5, 0.6) is 0 Å². The molecule has 2 heterocycles. The second-order valence-corrected chi connectivity index (χ2v) is 6.48. The molecule has 1 aromatic carbocycles. The van der Waals surface area contributed by atoms with Crippen molar-refractivity contribution in [3.8, 4) is 0 Å². The maximum Gasteiger partial charge on any atom is 0.227 e. The van der Waals surface area contributed by atoms with Crippen LogP contribution in [-0.4, -0.2) is 31.1 Å². The molecular formula is C17H26N4O. The summed E-state index contributed by atoms with van der Waals surface area (Å²) in [6.07, 6.45) is 1.66. The summed E-state index contributed by atoms with van der Waals surface area (Å²) in [4.78, 5) is 13.6. The lowest BCUT2D eigenvalue weighted by Gasteiger charge is -2.19. The third-order valence-electron chi connectivity index (χ3n) is 4.85. The van der Waals surface area contributed by atoms with Crippen LogP contribution in [0.1, 0.15) is 32.3 Å². The van der Waals surface area contributed by atoms with E-state index in [2.05, 4.69) is 54.3 Å². The molecule has 0 aromatic heterocycles. The molecule has 0 radical (unpaired) electrons. The molecule has 0 saturated carbocycles. The highest BCUT2D eigenvalue weighted by Gasteiger charge is 2.29. The number of hydrogen-bond acceptors (Lipinski definition) is 4. The number of carbonyl (C=O) groups excluding carboxylic acids is 1. The van der Waals surface area contributed by atoms with Crippen LogP contribution < -0.4 is 21.1 Å². The quantitative estimate of drug-likeness (QED) is 0.770. The summed E-state index contributed by atoms with van der Waals surface area (Å²) in [6.45, 7) is 7.14. The summed E-state index contributed by atoms with van der Waals surface area (Å²) in [7, 11) is 0. The summed E-state index contributed by atoms with van der Waals surface area (Å²) in [5.74, 6) is 0.844. The van der Waals surface area contributed by atoms with E-state index in [9.17, 15) is 4.79 Å². The van der Waals surface area contributed by atoms with Gasteiger partial charge in [0.15, 0.2) is 0 Å². The van der Waals surface area contributed by atoms with Crippen LogP contribution in [0.4, 0.5) is 5.69 Å². The first-order valence-corrected chi connectivity index (χ1v) is 8.26. The molecule has 3 rings (SSSR count). The lowest BCUT2D eigenvalue weighted by molar-refractivity contribution is -0.117. The Balaban J connectivity index is 1.50. The summed E-state index contributed by atoms with van der Waals surface area (Å²) in [6, 6.07) is 9.34. The number of hydrogen-bond donors (Lipinski definition) is 3. The molecule has 0 spiro atoms. The summed E-state index contributed by atoms with van der Waals surface area (Å²) in [5, 5.41) is 3.54. The number of nitrogens with zero attached hydrogens (tertiary/aromatic N) is 1. The number of anilines is 1. The van der Waals surface area contributed by atoms with Gasteiger partial charge in [-0.3, -0.25) is 15.6 Å². The highest BCUT2D eigenvalue weighted by atomic mass is 16.2. The summed E-state index contributed by atoms with van der Waals surface area (Å²) >= 11 is 0. The zero-order valence-corrected chi connectivity index (χ0v) is 13.4. The minimum Gasteiger partial charge on any atom is -0.312 e. The van der Waals surface area contributed by atoms with E-state index in [4.69, 9.17) is 0 Å². The van der Waals surface area contributed by atoms with Gasteiger partial charge in [-0.15, -0.1) is 0 Å². The van der Waals surface area contributed by atoms with Gasteiger partial charge in [0, 0.05) is 49.7 Å². The minimum absolute atomic E-state index is 0.245. The van der Waals surface area contributed by atoms with Crippen LogP contribution in [0.3, 0.4) is 0 Å². The standard InChI is InChI=1S/C17H26N4O/c1-12-16(13(2)20-19-12)11-18-10-14-5-7-15(8-6-14)21-9-3-4-17(21)22/h5-8,12-13,16,18-20H,3-4,9-11H2,1-2H3. The number of amides is 1. The van der Waals surface area contributed by atoms with Crippen molar-refractivity contribution >= 4 is 11.6 Å². The highest BCUT2D eigenvalue weighted by molar-refractivity contribution is 5.95. The van der Waals surface area contributed by atoms with Gasteiger partial charge in [0.25, 0.3) is 0 Å². The van der Waals surface area contributed by atoms with Crippen LogP contribution in [-0.2, 0) is 11.3 Å². The molecule has 2 aliphatic heterocycles. The van der Waals surface area contributed by atoms with Gasteiger partial charge in [-0.25, -0.2) is 0 Å². The van der Waals surface area contributed by atoms with Crippen LogP contribution in [0.15, 0.2) is 24.3 Å². The zero-order chi connectivity index (χ0) is 15.5. The maximum absolute atomic E-state index is 11.7. The van der Waals surface area contributed by atoms with Crippen molar-refractivity contribution in [2.45, 2.75) is 45.3 Å². The van der Waals surface area contributed by atoms with E-state index >= 15 is 0 Å². The van der Waals surface area contributed by atoms with Crippen molar-refractivity contribution in [1.29, 1.82) is 0 Å². The van der Waals surface area contributed by atoms with Crippen LogP contribution >= 0.6 is 0 Å². The minimum atomic E-state index is 0.245. The van der Waals surface area contributed by atoms with E-state index in [0.29, 0.717) is 24.4 Å². The average Bonchev–Trinajstić information content (AvgIpc) is 3.08. The van der Waals surface area contributed by atoms with Gasteiger partial charge in [0.1, 0.15) is 0 Å². The number of nitrogens with one attached hydrogen (secondary N) is 3. The first-order valence-electron chi connectivity index (χ1n) is 8.26. The fraction of sp³-hybridized carbons (Fsp3) is 0.588. The molecule has 2 atom stereocenters. The molecule has 2 aliphatic rings. The van der Waals surface area contributed by atoms with Crippen molar-refractivity contribution in [2.24, 2.45) is 5.92 Å². The molecule has 5 heteroatoms. The Labute approximate surface area is 132 Å². The SMILES string of the molecule is CC1NNC(C)C1CNCc1ccc(N2CCCC2=O)cc1. The number of benzene rings is 1. The summed E-state index contributed by atoms with van der Waals surface area (Å²) < 4.78 is 0. The Morgan fingerprint density at radius 3 is 2.45 bits per heavy atom. The van der Waals surface area contributed by atoms with Crippen LogP contribution in [0.2, 0.25) is 0 Å². The molecule has 22 heavy (non-hydrogen) atoms. The van der Waals surface area contributed by atoms with Crippen LogP contribution in [0.25, 0.3) is 0 Å². The fourth-order valence-electron chi connectivity index (χ4n) is 3.36. The highest BCUT2D eigenvalue weighted by Crippen LogP contribution is 2.21. The van der Waals surface area contributed by atoms with Gasteiger partial charge in [-0.05, 0) is 38.0 Å². The smallest absolute Gasteiger partial charge is 0.227 e. The second kappa shape index (κ2) is 6.77. The molecule has 3 N–H and O–H groups in total. The molecular weight excluding hydrogens is 276 g/mol. The first-order chi connectivity index (χ1) is 10.6. The number of rotatable bonds is 5. The molecule has 2 fully saturated rings. The third kappa shape index (κ3) is 3.32. The molecule has 0 bridgehead atoms. The monoisotopic (exact) mass is 302 g/mol. The lowest BCUT2D eigenvalue weighted by Crippen LogP contribution is -2.33. The van der Waals surface area contributed by atoms with Gasteiger partial charge in [0.05, 0.1) is 0 Å². The summed E-state index contributed by atoms with van der Waals surface area (Å²) in [5.41, 5.74) is 8.85. The van der Waals surface area contributed by atoms with E-state index in [1.807, 2.05) is 4.90 Å². The Kier molecular flexibility index (Phi) is 4.76. The first kappa shape index (κ1) is 15.5. The van der Waals surface area contributed by atoms with Crippen molar-refractivity contribution in [1.82, 2.24) is 16.2 Å². The number of carbonyl (C=O) groups is 1. The predicted molar refractivity (Wildman–Crippen MR) is 88.4 cm³/mol. The van der Waals surface area contributed by atoms with E-state index in [0.717, 1.165) is 31.7 Å². The molecule has 1 aromatic rings. The fourth-order valence-corrected chi connectivity index (χ4v) is 3.36. The Hall–Kier alpha value is -1.43. The van der Waals surface area contributed by atoms with Gasteiger partial charge in [-0.1, -0.05) is 12.1 Å². The third-order valence-corrected chi connectivity index (χ3v) is 4.85. The normalized spacial score (nSPS) is 28.5. The van der Waals surface area contributed by atoms with Gasteiger partial charge >= 0.3 is 0 Å². The van der Waals surface area contributed by atoms with Gasteiger partial charge < -0.3 is 10.2 Å². The Bertz CT molecular complexity index is 506. The average molecular weight is 302 g/mol. The molecule has 0 aliphatic carbocycles. The van der Waals surface area contributed by atoms with E-state index < -0.39 is 0 Å². The zero-order valence-electron chi connectivity index (χ0n) is 13.4. The maximum atomic E-state index is 11.7. The second-order valence-electron chi connectivity index (χ2n) is 6.48. The van der Waals surface area contributed by atoms with Gasteiger partial charge in [0.2, 0.25) is 5.91 Å². The molecule has 1 amide bonds. The predicted octanol–water partition coefficient (Wildman–Crippen LogP) is 1.40. The molecule has 5 nitrogen and oxygen atoms in total. The van der Waals surface area contributed by atoms with Crippen molar-refractivity contribution in [3.63, 3.8) is 0 Å². The molecule has 2 saturated heterocycles. The Morgan fingerprint density at radius 2 is 1.86 bits per heavy atom.